The Labute approximate surface area is 156 Å². The van der Waals surface area contributed by atoms with Crippen molar-refractivity contribution in [2.24, 2.45) is 0 Å². The molecule has 8 heteroatoms. The summed E-state index contributed by atoms with van der Waals surface area (Å²) in [5.74, 6) is 0.00235. The van der Waals surface area contributed by atoms with Crippen LogP contribution in [0, 0.1) is 0 Å². The Bertz CT molecular complexity index is 959. The van der Waals surface area contributed by atoms with Crippen molar-refractivity contribution < 1.29 is 17.4 Å². The van der Waals surface area contributed by atoms with Gasteiger partial charge < -0.3 is 9.08 Å². The van der Waals surface area contributed by atoms with Gasteiger partial charge >= 0.3 is 10.1 Å². The van der Waals surface area contributed by atoms with Crippen LogP contribution in [0.2, 0.25) is 10.0 Å². The molecule has 2 aromatic rings. The van der Waals surface area contributed by atoms with Crippen molar-refractivity contribution in [3.05, 3.63) is 52.0 Å². The van der Waals surface area contributed by atoms with Gasteiger partial charge in [0, 0.05) is 24.7 Å². The van der Waals surface area contributed by atoms with Crippen molar-refractivity contribution in [2.45, 2.75) is 31.2 Å². The molecule has 0 N–H and O–H groups in total. The second kappa shape index (κ2) is 6.52. The van der Waals surface area contributed by atoms with Gasteiger partial charge in [0.2, 0.25) is 5.91 Å². The summed E-state index contributed by atoms with van der Waals surface area (Å²) in [4.78, 5) is 13.4. The Morgan fingerprint density at radius 3 is 2.52 bits per heavy atom. The van der Waals surface area contributed by atoms with Crippen LogP contribution in [0.4, 0.5) is 5.69 Å². The lowest BCUT2D eigenvalue weighted by atomic mass is 10.1. The minimum absolute atomic E-state index is 0.0126. The molecule has 0 aliphatic carbocycles. The smallest absolute Gasteiger partial charge is 0.339 e. The number of carbonyl (C=O) groups is 1. The van der Waals surface area contributed by atoms with E-state index in [0.717, 1.165) is 11.3 Å². The molecular weight excluding hydrogens is 385 g/mol. The highest BCUT2D eigenvalue weighted by atomic mass is 35.5. The normalized spacial score (nSPS) is 16.6. The van der Waals surface area contributed by atoms with Crippen LogP contribution in [-0.2, 0) is 21.3 Å². The molecule has 1 unspecified atom stereocenters. The van der Waals surface area contributed by atoms with E-state index in [1.165, 1.54) is 31.2 Å². The maximum absolute atomic E-state index is 12.5. The Morgan fingerprint density at radius 2 is 1.88 bits per heavy atom. The summed E-state index contributed by atoms with van der Waals surface area (Å²) in [6, 6.07) is 8.82. The molecule has 0 saturated heterocycles. The van der Waals surface area contributed by atoms with Crippen molar-refractivity contribution in [3.63, 3.8) is 0 Å². The van der Waals surface area contributed by atoms with E-state index >= 15 is 0 Å². The van der Waals surface area contributed by atoms with E-state index in [9.17, 15) is 13.2 Å². The molecule has 0 fully saturated rings. The van der Waals surface area contributed by atoms with Crippen LogP contribution >= 0.6 is 23.2 Å². The Hall–Kier alpha value is -1.76. The van der Waals surface area contributed by atoms with E-state index in [0.29, 0.717) is 11.4 Å². The van der Waals surface area contributed by atoms with E-state index in [2.05, 4.69) is 0 Å². The zero-order valence-corrected chi connectivity index (χ0v) is 15.8. The summed E-state index contributed by atoms with van der Waals surface area (Å²) < 4.78 is 30.2. The minimum atomic E-state index is -4.02. The topological polar surface area (TPSA) is 63.7 Å². The van der Waals surface area contributed by atoms with E-state index in [-0.39, 0.29) is 27.6 Å². The van der Waals surface area contributed by atoms with Crippen molar-refractivity contribution >= 4 is 44.9 Å². The van der Waals surface area contributed by atoms with Gasteiger partial charge in [-0.25, -0.2) is 0 Å². The number of fused-ring (bicyclic) bond motifs is 1. The van der Waals surface area contributed by atoms with E-state index in [1.807, 2.05) is 6.92 Å². The van der Waals surface area contributed by atoms with Crippen LogP contribution in [0.5, 0.6) is 5.75 Å². The summed E-state index contributed by atoms with van der Waals surface area (Å²) >= 11 is 11.7. The Kier molecular flexibility index (Phi) is 4.70. The van der Waals surface area contributed by atoms with Crippen LogP contribution in [0.1, 0.15) is 19.4 Å². The minimum Gasteiger partial charge on any atom is -0.379 e. The van der Waals surface area contributed by atoms with Crippen LogP contribution in [-0.4, -0.2) is 20.4 Å². The first-order chi connectivity index (χ1) is 11.7. The van der Waals surface area contributed by atoms with Gasteiger partial charge in [0.1, 0.15) is 10.6 Å². The SMILES string of the molecule is CC(=O)N1c2ccc(S(=O)(=O)Oc3ccc(Cl)c(Cl)c3)cc2CC1C. The molecule has 3 rings (SSSR count). The van der Waals surface area contributed by atoms with Gasteiger partial charge in [-0.3, -0.25) is 4.79 Å². The molecule has 2 aromatic carbocycles. The first-order valence-electron chi connectivity index (χ1n) is 7.51. The van der Waals surface area contributed by atoms with Gasteiger partial charge in [-0.1, -0.05) is 23.2 Å². The highest BCUT2D eigenvalue weighted by Crippen LogP contribution is 2.35. The molecule has 0 saturated carbocycles. The van der Waals surface area contributed by atoms with Crippen molar-refractivity contribution in [3.8, 4) is 5.75 Å². The number of carbonyl (C=O) groups excluding carboxylic acids is 1. The molecule has 5 nitrogen and oxygen atoms in total. The summed E-state index contributed by atoms with van der Waals surface area (Å²) in [6.45, 7) is 3.41. The molecule has 132 valence electrons. The second-order valence-corrected chi connectivity index (χ2v) is 8.21. The Balaban J connectivity index is 1.93. The van der Waals surface area contributed by atoms with Gasteiger partial charge in [-0.15, -0.1) is 0 Å². The number of amides is 1. The van der Waals surface area contributed by atoms with Crippen LogP contribution < -0.4 is 9.08 Å². The number of anilines is 1. The second-order valence-electron chi connectivity index (χ2n) is 5.85. The van der Waals surface area contributed by atoms with E-state index < -0.39 is 10.1 Å². The molecule has 0 radical (unpaired) electrons. The summed E-state index contributed by atoms with van der Waals surface area (Å²) in [7, 11) is -4.02. The molecule has 1 atom stereocenters. The quantitative estimate of drug-likeness (QED) is 0.729. The highest BCUT2D eigenvalue weighted by Gasteiger charge is 2.30. The molecule has 0 bridgehead atoms. The monoisotopic (exact) mass is 399 g/mol. The molecule has 0 aromatic heterocycles. The van der Waals surface area contributed by atoms with Crippen LogP contribution in [0.25, 0.3) is 0 Å². The molecule has 25 heavy (non-hydrogen) atoms. The van der Waals surface area contributed by atoms with Crippen molar-refractivity contribution in [2.75, 3.05) is 4.90 Å². The van der Waals surface area contributed by atoms with Gasteiger partial charge in [0.05, 0.1) is 10.0 Å². The lowest BCUT2D eigenvalue weighted by molar-refractivity contribution is -0.116. The first kappa shape index (κ1) is 18.0. The van der Waals surface area contributed by atoms with Gasteiger partial charge in [0.25, 0.3) is 0 Å². The fourth-order valence-electron chi connectivity index (χ4n) is 2.95. The maximum atomic E-state index is 12.5. The van der Waals surface area contributed by atoms with Crippen molar-refractivity contribution in [1.29, 1.82) is 0 Å². The third-order valence-electron chi connectivity index (χ3n) is 3.99. The molecular formula is C17H15Cl2NO4S. The third kappa shape index (κ3) is 3.47. The standard InChI is InChI=1S/C17H15Cl2NO4S/c1-10-7-12-8-14(4-6-17(12)20(10)11(2)21)25(22,23)24-13-3-5-15(18)16(19)9-13/h3-6,8-10H,7H2,1-2H3. The lowest BCUT2D eigenvalue weighted by Crippen LogP contribution is -2.33. The largest absolute Gasteiger partial charge is 0.379 e. The fourth-order valence-corrected chi connectivity index (χ4v) is 4.21. The van der Waals surface area contributed by atoms with Gasteiger partial charge in [-0.05, 0) is 49.2 Å². The van der Waals surface area contributed by atoms with Gasteiger partial charge in [0.15, 0.2) is 0 Å². The lowest BCUT2D eigenvalue weighted by Gasteiger charge is -2.20. The van der Waals surface area contributed by atoms with E-state index in [1.54, 1.807) is 17.0 Å². The Morgan fingerprint density at radius 1 is 1.16 bits per heavy atom. The van der Waals surface area contributed by atoms with Crippen LogP contribution in [0.15, 0.2) is 41.3 Å². The number of nitrogens with zero attached hydrogens (tertiary/aromatic N) is 1. The number of halogens is 2. The zero-order chi connectivity index (χ0) is 18.4. The van der Waals surface area contributed by atoms with Crippen molar-refractivity contribution in [1.82, 2.24) is 0 Å². The number of hydrogen-bond donors (Lipinski definition) is 0. The van der Waals surface area contributed by atoms with Crippen LogP contribution in [0.3, 0.4) is 0 Å². The molecule has 1 aliphatic heterocycles. The third-order valence-corrected chi connectivity index (χ3v) is 5.97. The average Bonchev–Trinajstić information content (AvgIpc) is 2.85. The predicted molar refractivity (Wildman–Crippen MR) is 97.0 cm³/mol. The molecule has 1 aliphatic rings. The number of hydrogen-bond acceptors (Lipinski definition) is 4. The summed E-state index contributed by atoms with van der Waals surface area (Å²) in [5, 5.41) is 0.511. The molecule has 1 amide bonds. The maximum Gasteiger partial charge on any atom is 0.339 e. The van der Waals surface area contributed by atoms with E-state index in [4.69, 9.17) is 27.4 Å². The zero-order valence-electron chi connectivity index (χ0n) is 13.5. The molecule has 0 spiro atoms. The van der Waals surface area contributed by atoms with Gasteiger partial charge in [-0.2, -0.15) is 8.42 Å². The number of rotatable bonds is 3. The number of benzene rings is 2. The summed E-state index contributed by atoms with van der Waals surface area (Å²) in [5.41, 5.74) is 1.52. The predicted octanol–water partition coefficient (Wildman–Crippen LogP) is 4.06. The highest BCUT2D eigenvalue weighted by molar-refractivity contribution is 7.87. The fraction of sp³-hybridized carbons (Fsp3) is 0.235. The average molecular weight is 400 g/mol. The first-order valence-corrected chi connectivity index (χ1v) is 9.68. The molecule has 1 heterocycles. The summed E-state index contributed by atoms with van der Waals surface area (Å²) in [6.07, 6.45) is 0.588.